The molecule has 0 radical (unpaired) electrons. The van der Waals surface area contributed by atoms with Crippen molar-refractivity contribution in [1.29, 1.82) is 0 Å². The number of esters is 1. The summed E-state index contributed by atoms with van der Waals surface area (Å²) in [4.78, 5) is 15.5. The topological polar surface area (TPSA) is 50.8 Å². The predicted octanol–water partition coefficient (Wildman–Crippen LogP) is 7.93. The number of carbonyl (C=O) groups excluding carboxylic acids is 1. The van der Waals surface area contributed by atoms with E-state index in [9.17, 15) is 4.79 Å². The van der Waals surface area contributed by atoms with Gasteiger partial charge in [-0.3, -0.25) is 0 Å². The van der Waals surface area contributed by atoms with E-state index >= 15 is 0 Å². The van der Waals surface area contributed by atoms with Gasteiger partial charge in [0.25, 0.3) is 0 Å². The summed E-state index contributed by atoms with van der Waals surface area (Å²) in [6, 6.07) is 27.8. The molecule has 0 saturated carbocycles. The Hall–Kier alpha value is -3.96. The minimum absolute atomic E-state index is 0.0353. The minimum Gasteiger partial charge on any atom is -0.455 e. The molecule has 2 unspecified atom stereocenters. The van der Waals surface area contributed by atoms with Crippen molar-refractivity contribution < 1.29 is 14.3 Å². The predicted molar refractivity (Wildman–Crippen MR) is 152 cm³/mol. The Morgan fingerprint density at radius 2 is 1.63 bits per heavy atom. The van der Waals surface area contributed by atoms with Crippen LogP contribution in [0.25, 0.3) is 0 Å². The van der Waals surface area contributed by atoms with Crippen molar-refractivity contribution in [2.45, 2.75) is 32.4 Å². The van der Waals surface area contributed by atoms with Crippen LogP contribution in [0.2, 0.25) is 5.02 Å². The molecule has 0 amide bonds. The van der Waals surface area contributed by atoms with Crippen LogP contribution < -0.4 is 15.0 Å². The van der Waals surface area contributed by atoms with E-state index < -0.39 is 5.60 Å². The molecule has 192 valence electrons. The summed E-state index contributed by atoms with van der Waals surface area (Å²) in [5.41, 5.74) is 4.65. The van der Waals surface area contributed by atoms with E-state index in [0.29, 0.717) is 27.6 Å². The normalized spacial score (nSPS) is 17.6. The maximum Gasteiger partial charge on any atom is 0.340 e. The lowest BCUT2D eigenvalue weighted by molar-refractivity contribution is 0.0224. The molecule has 38 heavy (non-hydrogen) atoms. The average molecular weight is 525 g/mol. The highest BCUT2D eigenvalue weighted by molar-refractivity contribution is 6.32. The van der Waals surface area contributed by atoms with Crippen molar-refractivity contribution in [2.75, 3.05) is 23.3 Å². The highest BCUT2D eigenvalue weighted by Crippen LogP contribution is 2.58. The average Bonchev–Trinajstić information content (AvgIpc) is 3.23. The number of nitrogens with one attached hydrogen (secondary N) is 1. The van der Waals surface area contributed by atoms with E-state index in [0.717, 1.165) is 41.2 Å². The third-order valence-electron chi connectivity index (χ3n) is 7.56. The first kappa shape index (κ1) is 24.4. The summed E-state index contributed by atoms with van der Waals surface area (Å²) in [5.74, 6) is 0.768. The van der Waals surface area contributed by atoms with Gasteiger partial charge in [0.15, 0.2) is 11.4 Å². The largest absolute Gasteiger partial charge is 0.455 e. The van der Waals surface area contributed by atoms with E-state index in [1.807, 2.05) is 66.7 Å². The number of halogens is 1. The van der Waals surface area contributed by atoms with E-state index in [2.05, 4.69) is 49.2 Å². The number of benzene rings is 4. The molecule has 0 fully saturated rings. The first-order valence-electron chi connectivity index (χ1n) is 13.0. The van der Waals surface area contributed by atoms with E-state index in [4.69, 9.17) is 21.1 Å². The van der Waals surface area contributed by atoms with Gasteiger partial charge in [0.05, 0.1) is 16.1 Å². The van der Waals surface area contributed by atoms with Crippen LogP contribution in [0.15, 0.2) is 84.9 Å². The fourth-order valence-corrected chi connectivity index (χ4v) is 5.92. The molecule has 2 aliphatic heterocycles. The van der Waals surface area contributed by atoms with Crippen molar-refractivity contribution in [2.24, 2.45) is 0 Å². The van der Waals surface area contributed by atoms with Crippen molar-refractivity contribution in [3.8, 4) is 11.5 Å². The molecular formula is C32H29ClN2O3. The molecule has 2 atom stereocenters. The Morgan fingerprint density at radius 1 is 0.895 bits per heavy atom. The smallest absolute Gasteiger partial charge is 0.340 e. The van der Waals surface area contributed by atoms with Gasteiger partial charge < -0.3 is 19.7 Å². The molecule has 2 heterocycles. The second-order valence-corrected chi connectivity index (χ2v) is 10.1. The summed E-state index contributed by atoms with van der Waals surface area (Å²) in [5, 5.41) is 4.01. The number of rotatable bonds is 6. The Balaban J connectivity index is 1.54. The van der Waals surface area contributed by atoms with Crippen LogP contribution >= 0.6 is 11.6 Å². The molecule has 6 heteroatoms. The second kappa shape index (κ2) is 9.41. The molecule has 1 N–H and O–H groups in total. The van der Waals surface area contributed by atoms with Gasteiger partial charge in [-0.1, -0.05) is 60.1 Å². The number of nitrogens with zero attached hydrogens (tertiary/aromatic N) is 1. The molecular weight excluding hydrogens is 496 g/mol. The fourth-order valence-electron chi connectivity index (χ4n) is 5.66. The molecule has 6 rings (SSSR count). The zero-order chi connectivity index (χ0) is 26.4. The first-order chi connectivity index (χ1) is 18.5. The van der Waals surface area contributed by atoms with Gasteiger partial charge in [0.1, 0.15) is 5.75 Å². The molecule has 1 spiro atoms. The van der Waals surface area contributed by atoms with Gasteiger partial charge in [-0.25, -0.2) is 4.79 Å². The fraction of sp³-hybridized carbons (Fsp3) is 0.219. The summed E-state index contributed by atoms with van der Waals surface area (Å²) in [6.07, 6.45) is 0. The lowest BCUT2D eigenvalue weighted by atomic mass is 9.77. The molecule has 2 aliphatic rings. The van der Waals surface area contributed by atoms with Crippen molar-refractivity contribution in [3.05, 3.63) is 118 Å². The van der Waals surface area contributed by atoms with Gasteiger partial charge in [0, 0.05) is 47.7 Å². The summed E-state index contributed by atoms with van der Waals surface area (Å²) >= 11 is 6.91. The molecule has 4 aromatic carbocycles. The Labute approximate surface area is 228 Å². The van der Waals surface area contributed by atoms with Gasteiger partial charge in [-0.15, -0.1) is 0 Å². The Morgan fingerprint density at radius 3 is 2.39 bits per heavy atom. The number of fused-ring (bicyclic) bond motifs is 6. The monoisotopic (exact) mass is 524 g/mol. The number of hydrogen-bond acceptors (Lipinski definition) is 5. The molecule has 4 aromatic rings. The number of ether oxygens (including phenoxy) is 2. The highest BCUT2D eigenvalue weighted by Gasteiger charge is 2.54. The van der Waals surface area contributed by atoms with E-state index in [-0.39, 0.29) is 12.0 Å². The molecule has 5 nitrogen and oxygen atoms in total. The van der Waals surface area contributed by atoms with Crippen LogP contribution in [-0.4, -0.2) is 19.1 Å². The first-order valence-corrected chi connectivity index (χ1v) is 13.4. The van der Waals surface area contributed by atoms with E-state index in [1.165, 1.54) is 0 Å². The standard InChI is InChI=1S/C32H29ClN2O3/c1-4-35(5-2)23-15-16-26-29(19-23)37-30-27(32(26)25-14-10-9-13-24(25)31(36)38-32)17-22(18-28(30)33)34-20(3)21-11-7-6-8-12-21/h6-20,34H,4-5H2,1-3H3. The van der Waals surface area contributed by atoms with Crippen molar-refractivity contribution in [1.82, 2.24) is 0 Å². The van der Waals surface area contributed by atoms with Gasteiger partial charge >= 0.3 is 5.97 Å². The SMILES string of the molecule is CCN(CC)c1ccc2c(c1)Oc1c(Cl)cc(NC(C)c3ccccc3)cc1C21OC(=O)c2ccccc21. The summed E-state index contributed by atoms with van der Waals surface area (Å²) in [7, 11) is 0. The van der Waals surface area contributed by atoms with Crippen LogP contribution in [0, 0.1) is 0 Å². The van der Waals surface area contributed by atoms with Crippen LogP contribution in [0.5, 0.6) is 11.5 Å². The van der Waals surface area contributed by atoms with Crippen LogP contribution in [0.1, 0.15) is 59.4 Å². The third-order valence-corrected chi connectivity index (χ3v) is 7.84. The lowest BCUT2D eigenvalue weighted by Gasteiger charge is -2.38. The number of carbonyl (C=O) groups is 1. The minimum atomic E-state index is -1.17. The maximum atomic E-state index is 13.2. The van der Waals surface area contributed by atoms with Crippen LogP contribution in [0.3, 0.4) is 0 Å². The zero-order valence-electron chi connectivity index (χ0n) is 21.6. The molecule has 0 aliphatic carbocycles. The third kappa shape index (κ3) is 3.72. The Bertz CT molecular complexity index is 1530. The van der Waals surface area contributed by atoms with Crippen LogP contribution in [-0.2, 0) is 10.3 Å². The van der Waals surface area contributed by atoms with Crippen LogP contribution in [0.4, 0.5) is 11.4 Å². The summed E-state index contributed by atoms with van der Waals surface area (Å²) in [6.45, 7) is 8.08. The lowest BCUT2D eigenvalue weighted by Crippen LogP contribution is -2.33. The number of hydrogen-bond donors (Lipinski definition) is 1. The van der Waals surface area contributed by atoms with E-state index in [1.54, 1.807) is 0 Å². The van der Waals surface area contributed by atoms with Gasteiger partial charge in [-0.05, 0) is 56.7 Å². The summed E-state index contributed by atoms with van der Waals surface area (Å²) < 4.78 is 12.8. The Kier molecular flexibility index (Phi) is 6.04. The zero-order valence-corrected chi connectivity index (χ0v) is 22.4. The molecule has 0 aromatic heterocycles. The second-order valence-electron chi connectivity index (χ2n) is 9.68. The maximum absolute atomic E-state index is 13.2. The molecule has 0 saturated heterocycles. The highest BCUT2D eigenvalue weighted by atomic mass is 35.5. The van der Waals surface area contributed by atoms with Gasteiger partial charge in [0.2, 0.25) is 0 Å². The molecule has 0 bridgehead atoms. The van der Waals surface area contributed by atoms with Crippen molar-refractivity contribution >= 4 is 28.9 Å². The van der Waals surface area contributed by atoms with Crippen molar-refractivity contribution in [3.63, 3.8) is 0 Å². The van der Waals surface area contributed by atoms with Gasteiger partial charge in [-0.2, -0.15) is 0 Å². The quantitative estimate of drug-likeness (QED) is 0.259. The number of anilines is 2.